The van der Waals surface area contributed by atoms with Gasteiger partial charge in [0, 0.05) is 0 Å². The number of benzene rings is 4. The zero-order valence-electron chi connectivity index (χ0n) is 13.9. The molecule has 0 amide bonds. The molecule has 0 heteroatoms. The van der Waals surface area contributed by atoms with Gasteiger partial charge >= 0.3 is 0 Å². The van der Waals surface area contributed by atoms with Gasteiger partial charge in [-0.1, -0.05) is 91.0 Å². The molecule has 1 aliphatic carbocycles. The van der Waals surface area contributed by atoms with Crippen LogP contribution in [0, 0.1) is 0 Å². The molecule has 118 valence electrons. The predicted octanol–water partition coefficient (Wildman–Crippen LogP) is 6.59. The van der Waals surface area contributed by atoms with Gasteiger partial charge in [0.1, 0.15) is 0 Å². The van der Waals surface area contributed by atoms with Gasteiger partial charge in [0.2, 0.25) is 0 Å². The van der Waals surface area contributed by atoms with E-state index in [1.165, 1.54) is 44.5 Å². The first kappa shape index (κ1) is 14.2. The molecular weight excluding hydrogens is 300 g/mol. The van der Waals surface area contributed by atoms with E-state index in [0.717, 1.165) is 6.42 Å². The molecule has 0 aliphatic heterocycles. The number of fused-ring (bicyclic) bond motifs is 3. The smallest absolute Gasteiger partial charge is 0.00132 e. The Labute approximate surface area is 148 Å². The van der Waals surface area contributed by atoms with Crippen molar-refractivity contribution < 1.29 is 0 Å². The highest BCUT2D eigenvalue weighted by Gasteiger charge is 2.22. The summed E-state index contributed by atoms with van der Waals surface area (Å²) in [5.74, 6) is 0. The summed E-state index contributed by atoms with van der Waals surface area (Å²) >= 11 is 0. The van der Waals surface area contributed by atoms with Gasteiger partial charge in [0.15, 0.2) is 0 Å². The summed E-state index contributed by atoms with van der Waals surface area (Å²) in [6, 6.07) is 35.0. The molecule has 0 heterocycles. The van der Waals surface area contributed by atoms with Gasteiger partial charge in [-0.2, -0.15) is 0 Å². The fourth-order valence-corrected chi connectivity index (χ4v) is 3.90. The van der Waals surface area contributed by atoms with E-state index in [-0.39, 0.29) is 0 Å². The molecule has 4 aromatic carbocycles. The minimum atomic E-state index is 1.03. The van der Waals surface area contributed by atoms with Gasteiger partial charge in [0.25, 0.3) is 0 Å². The second-order valence-corrected chi connectivity index (χ2v) is 6.62. The summed E-state index contributed by atoms with van der Waals surface area (Å²) in [4.78, 5) is 0. The van der Waals surface area contributed by atoms with E-state index in [2.05, 4.69) is 97.1 Å². The van der Waals surface area contributed by atoms with Crippen molar-refractivity contribution in [2.75, 3.05) is 0 Å². The third kappa shape index (κ3) is 2.38. The Hall–Kier alpha value is -3.12. The van der Waals surface area contributed by atoms with Crippen LogP contribution in [0.3, 0.4) is 0 Å². The zero-order chi connectivity index (χ0) is 16.6. The molecule has 0 atom stereocenters. The van der Waals surface area contributed by atoms with Crippen LogP contribution in [-0.4, -0.2) is 0 Å². The van der Waals surface area contributed by atoms with Crippen molar-refractivity contribution in [1.29, 1.82) is 0 Å². The van der Waals surface area contributed by atoms with Crippen molar-refractivity contribution in [3.05, 3.63) is 108 Å². The van der Waals surface area contributed by atoms with Gasteiger partial charge in [-0.25, -0.2) is 0 Å². The number of rotatable bonds is 2. The van der Waals surface area contributed by atoms with E-state index < -0.39 is 0 Å². The summed E-state index contributed by atoms with van der Waals surface area (Å²) < 4.78 is 0. The SMILES string of the molecule is c1ccc(-c2ccc3c(c2)-c2c(cccc2-c2ccccc2)C3)cc1. The maximum absolute atomic E-state index is 2.36. The highest BCUT2D eigenvalue weighted by Crippen LogP contribution is 2.44. The van der Waals surface area contributed by atoms with Crippen molar-refractivity contribution >= 4 is 0 Å². The highest BCUT2D eigenvalue weighted by atomic mass is 14.3. The molecule has 0 unspecified atom stereocenters. The van der Waals surface area contributed by atoms with E-state index in [4.69, 9.17) is 0 Å². The van der Waals surface area contributed by atoms with Crippen LogP contribution >= 0.6 is 0 Å². The maximum atomic E-state index is 2.36. The summed E-state index contributed by atoms with van der Waals surface area (Å²) in [6.45, 7) is 0. The lowest BCUT2D eigenvalue weighted by atomic mass is 9.93. The van der Waals surface area contributed by atoms with Gasteiger partial charge in [0.05, 0.1) is 0 Å². The van der Waals surface area contributed by atoms with Crippen LogP contribution in [0.2, 0.25) is 0 Å². The zero-order valence-corrected chi connectivity index (χ0v) is 13.9. The molecule has 25 heavy (non-hydrogen) atoms. The van der Waals surface area contributed by atoms with Gasteiger partial charge < -0.3 is 0 Å². The van der Waals surface area contributed by atoms with E-state index >= 15 is 0 Å². The molecule has 0 saturated carbocycles. The fourth-order valence-electron chi connectivity index (χ4n) is 3.90. The van der Waals surface area contributed by atoms with Crippen LogP contribution in [-0.2, 0) is 6.42 Å². The van der Waals surface area contributed by atoms with Gasteiger partial charge in [-0.15, -0.1) is 0 Å². The molecular formula is C25H18. The molecule has 4 aromatic rings. The van der Waals surface area contributed by atoms with Crippen LogP contribution in [0.15, 0.2) is 97.1 Å². The molecule has 5 rings (SSSR count). The Bertz CT molecular complexity index is 1040. The topological polar surface area (TPSA) is 0 Å². The summed E-state index contributed by atoms with van der Waals surface area (Å²) in [7, 11) is 0. The number of hydrogen-bond acceptors (Lipinski definition) is 0. The molecule has 0 spiro atoms. The molecule has 0 nitrogen and oxygen atoms in total. The lowest BCUT2D eigenvalue weighted by molar-refractivity contribution is 1.26. The standard InChI is InChI=1S/C25H18/c1-3-8-18(9-4-1)20-14-15-21-16-22-12-7-13-23(25(22)24(21)17-20)19-10-5-2-6-11-19/h1-15,17H,16H2. The lowest BCUT2D eigenvalue weighted by Gasteiger charge is -2.11. The van der Waals surface area contributed by atoms with E-state index in [0.29, 0.717) is 0 Å². The summed E-state index contributed by atoms with van der Waals surface area (Å²) in [5, 5.41) is 0. The lowest BCUT2D eigenvalue weighted by Crippen LogP contribution is -1.86. The maximum Gasteiger partial charge on any atom is -0.00132 e. The van der Waals surface area contributed by atoms with E-state index in [1.54, 1.807) is 0 Å². The average Bonchev–Trinajstić information content (AvgIpc) is 3.07. The second-order valence-electron chi connectivity index (χ2n) is 6.62. The highest BCUT2D eigenvalue weighted by molar-refractivity contribution is 5.91. The third-order valence-electron chi connectivity index (χ3n) is 5.10. The Morgan fingerprint density at radius 1 is 0.440 bits per heavy atom. The number of hydrogen-bond donors (Lipinski definition) is 0. The van der Waals surface area contributed by atoms with Crippen LogP contribution in [0.4, 0.5) is 0 Å². The molecule has 0 radical (unpaired) electrons. The summed E-state index contributed by atoms with van der Waals surface area (Å²) in [6.07, 6.45) is 1.03. The van der Waals surface area contributed by atoms with Crippen molar-refractivity contribution in [2.24, 2.45) is 0 Å². The quantitative estimate of drug-likeness (QED) is 0.344. The minimum absolute atomic E-state index is 1.03. The third-order valence-corrected chi connectivity index (χ3v) is 5.10. The van der Waals surface area contributed by atoms with Gasteiger partial charge in [-0.05, 0) is 57.0 Å². The molecule has 0 bridgehead atoms. The molecule has 0 fully saturated rings. The molecule has 1 aliphatic rings. The molecule has 0 N–H and O–H groups in total. The van der Waals surface area contributed by atoms with Crippen molar-refractivity contribution in [2.45, 2.75) is 6.42 Å². The second kappa shape index (κ2) is 5.75. The first-order valence-corrected chi connectivity index (χ1v) is 8.76. The predicted molar refractivity (Wildman–Crippen MR) is 106 cm³/mol. The molecule has 0 aromatic heterocycles. The van der Waals surface area contributed by atoms with Crippen molar-refractivity contribution in [3.63, 3.8) is 0 Å². The Morgan fingerprint density at radius 2 is 1.16 bits per heavy atom. The monoisotopic (exact) mass is 318 g/mol. The van der Waals surface area contributed by atoms with E-state index in [9.17, 15) is 0 Å². The van der Waals surface area contributed by atoms with E-state index in [1.807, 2.05) is 0 Å². The van der Waals surface area contributed by atoms with Crippen molar-refractivity contribution in [3.8, 4) is 33.4 Å². The van der Waals surface area contributed by atoms with Crippen LogP contribution in [0.25, 0.3) is 33.4 Å². The van der Waals surface area contributed by atoms with Crippen LogP contribution in [0.1, 0.15) is 11.1 Å². The fraction of sp³-hybridized carbons (Fsp3) is 0.0400. The normalized spacial score (nSPS) is 11.8. The minimum Gasteiger partial charge on any atom is -0.0622 e. The molecule has 0 saturated heterocycles. The average molecular weight is 318 g/mol. The summed E-state index contributed by atoms with van der Waals surface area (Å²) in [5.41, 5.74) is 10.8. The Balaban J connectivity index is 1.72. The largest absolute Gasteiger partial charge is 0.0622 e. The first-order chi connectivity index (χ1) is 12.4. The van der Waals surface area contributed by atoms with Crippen molar-refractivity contribution in [1.82, 2.24) is 0 Å². The Morgan fingerprint density at radius 3 is 1.92 bits per heavy atom. The van der Waals surface area contributed by atoms with Crippen LogP contribution in [0.5, 0.6) is 0 Å². The first-order valence-electron chi connectivity index (χ1n) is 8.76. The van der Waals surface area contributed by atoms with Crippen LogP contribution < -0.4 is 0 Å². The Kier molecular flexibility index (Phi) is 3.28. The van der Waals surface area contributed by atoms with Gasteiger partial charge in [-0.3, -0.25) is 0 Å².